The topological polar surface area (TPSA) is 49.4 Å². The summed E-state index contributed by atoms with van der Waals surface area (Å²) in [6.07, 6.45) is 0. The lowest BCUT2D eigenvalue weighted by Crippen LogP contribution is -2.62. The van der Waals surface area contributed by atoms with Crippen molar-refractivity contribution >= 4 is 27.7 Å². The fourth-order valence-corrected chi connectivity index (χ4v) is 2.91. The smallest absolute Gasteiger partial charge is 0.243 e. The Labute approximate surface area is 127 Å². The van der Waals surface area contributed by atoms with Crippen LogP contribution in [0.5, 0.6) is 0 Å². The maximum absolute atomic E-state index is 12.2. The van der Waals surface area contributed by atoms with Gasteiger partial charge in [0.05, 0.1) is 6.54 Å². The number of hydrogen-bond donors (Lipinski definition) is 1. The molecule has 0 bridgehead atoms. The molecule has 1 aromatic carbocycles. The van der Waals surface area contributed by atoms with Crippen LogP contribution in [-0.4, -0.2) is 29.3 Å². The van der Waals surface area contributed by atoms with Gasteiger partial charge in [0, 0.05) is 11.0 Å². The fraction of sp³-hybridized carbons (Fsp3) is 0.467. The second-order valence-electron chi connectivity index (χ2n) is 6.10. The summed E-state index contributed by atoms with van der Waals surface area (Å²) in [6.45, 7) is 6.44. The molecule has 2 amide bonds. The molecule has 20 heavy (non-hydrogen) atoms. The molecule has 0 aliphatic carbocycles. The molecule has 1 unspecified atom stereocenters. The number of hydrogen-bond acceptors (Lipinski definition) is 2. The Bertz CT molecular complexity index is 537. The van der Waals surface area contributed by atoms with E-state index >= 15 is 0 Å². The average Bonchev–Trinajstić information content (AvgIpc) is 2.35. The molecule has 1 atom stereocenters. The highest BCUT2D eigenvalue weighted by Gasteiger charge is 2.42. The molecule has 4 nitrogen and oxygen atoms in total. The molecule has 1 aliphatic heterocycles. The summed E-state index contributed by atoms with van der Waals surface area (Å²) >= 11 is 3.49. The SMILES string of the molecule is CC(C)(C)C1C(=O)NCC(=O)N1Cc1ccccc1Br. The van der Waals surface area contributed by atoms with Gasteiger partial charge in [-0.15, -0.1) is 0 Å². The van der Waals surface area contributed by atoms with E-state index in [1.807, 2.05) is 45.0 Å². The van der Waals surface area contributed by atoms with Crippen molar-refractivity contribution in [2.75, 3.05) is 6.54 Å². The van der Waals surface area contributed by atoms with Crippen molar-refractivity contribution in [3.8, 4) is 0 Å². The third-order valence-corrected chi connectivity index (χ3v) is 4.19. The zero-order valence-corrected chi connectivity index (χ0v) is 13.5. The van der Waals surface area contributed by atoms with E-state index in [2.05, 4.69) is 21.2 Å². The summed E-state index contributed by atoms with van der Waals surface area (Å²) in [5, 5.41) is 2.68. The van der Waals surface area contributed by atoms with Crippen molar-refractivity contribution < 1.29 is 9.59 Å². The fourth-order valence-electron chi connectivity index (χ4n) is 2.50. The van der Waals surface area contributed by atoms with Gasteiger partial charge in [0.15, 0.2) is 0 Å². The highest BCUT2D eigenvalue weighted by atomic mass is 79.9. The number of rotatable bonds is 2. The number of piperazine rings is 1. The van der Waals surface area contributed by atoms with Crippen LogP contribution in [0.2, 0.25) is 0 Å². The van der Waals surface area contributed by atoms with Gasteiger partial charge in [0.1, 0.15) is 6.04 Å². The quantitative estimate of drug-likeness (QED) is 0.899. The molecule has 0 aromatic heterocycles. The van der Waals surface area contributed by atoms with Gasteiger partial charge < -0.3 is 10.2 Å². The molecule has 1 saturated heterocycles. The Balaban J connectivity index is 2.32. The van der Waals surface area contributed by atoms with E-state index in [1.54, 1.807) is 4.90 Å². The van der Waals surface area contributed by atoms with E-state index in [0.29, 0.717) is 6.54 Å². The van der Waals surface area contributed by atoms with Gasteiger partial charge in [-0.3, -0.25) is 9.59 Å². The van der Waals surface area contributed by atoms with Crippen LogP contribution >= 0.6 is 15.9 Å². The zero-order valence-electron chi connectivity index (χ0n) is 11.9. The van der Waals surface area contributed by atoms with Gasteiger partial charge in [-0.05, 0) is 17.0 Å². The first-order valence-corrected chi connectivity index (χ1v) is 7.40. The lowest BCUT2D eigenvalue weighted by molar-refractivity contribution is -0.150. The Morgan fingerprint density at radius 1 is 1.30 bits per heavy atom. The van der Waals surface area contributed by atoms with Crippen LogP contribution in [0.3, 0.4) is 0 Å². The molecule has 1 fully saturated rings. The molecular formula is C15H19BrN2O2. The third kappa shape index (κ3) is 3.03. The van der Waals surface area contributed by atoms with Gasteiger partial charge in [-0.1, -0.05) is 54.9 Å². The highest BCUT2D eigenvalue weighted by Crippen LogP contribution is 2.29. The van der Waals surface area contributed by atoms with Crippen LogP contribution in [0.15, 0.2) is 28.7 Å². The molecule has 0 radical (unpaired) electrons. The molecule has 1 aromatic rings. The number of benzene rings is 1. The van der Waals surface area contributed by atoms with Crippen molar-refractivity contribution in [3.05, 3.63) is 34.3 Å². The first-order valence-electron chi connectivity index (χ1n) is 6.61. The molecule has 0 spiro atoms. The Morgan fingerprint density at radius 2 is 1.95 bits per heavy atom. The summed E-state index contributed by atoms with van der Waals surface area (Å²) in [5.74, 6) is -0.121. The molecule has 2 rings (SSSR count). The average molecular weight is 339 g/mol. The summed E-state index contributed by atoms with van der Waals surface area (Å²) < 4.78 is 0.950. The van der Waals surface area contributed by atoms with Crippen molar-refractivity contribution in [3.63, 3.8) is 0 Å². The number of carbonyl (C=O) groups excluding carboxylic acids is 2. The lowest BCUT2D eigenvalue weighted by atomic mass is 9.83. The number of nitrogens with one attached hydrogen (secondary N) is 1. The second-order valence-corrected chi connectivity index (χ2v) is 6.95. The van der Waals surface area contributed by atoms with Crippen LogP contribution in [0.4, 0.5) is 0 Å². The second kappa shape index (κ2) is 5.56. The summed E-state index contributed by atoms with van der Waals surface area (Å²) in [7, 11) is 0. The Kier molecular flexibility index (Phi) is 4.18. The van der Waals surface area contributed by atoms with Crippen LogP contribution in [0, 0.1) is 5.41 Å². The molecule has 108 valence electrons. The van der Waals surface area contributed by atoms with Gasteiger partial charge in [0.2, 0.25) is 11.8 Å². The highest BCUT2D eigenvalue weighted by molar-refractivity contribution is 9.10. The largest absolute Gasteiger partial charge is 0.345 e. The number of carbonyl (C=O) groups is 2. The first-order chi connectivity index (χ1) is 9.30. The van der Waals surface area contributed by atoms with E-state index in [-0.39, 0.29) is 23.8 Å². The standard InChI is InChI=1S/C15H19BrN2O2/c1-15(2,3)13-14(20)17-8-12(19)18(13)9-10-6-4-5-7-11(10)16/h4-7,13H,8-9H2,1-3H3,(H,17,20). The van der Waals surface area contributed by atoms with Crippen molar-refractivity contribution in [2.45, 2.75) is 33.4 Å². The van der Waals surface area contributed by atoms with Crippen molar-refractivity contribution in [1.82, 2.24) is 10.2 Å². The van der Waals surface area contributed by atoms with Crippen LogP contribution in [-0.2, 0) is 16.1 Å². The van der Waals surface area contributed by atoms with Crippen LogP contribution in [0.25, 0.3) is 0 Å². The number of nitrogens with zero attached hydrogens (tertiary/aromatic N) is 1. The van der Waals surface area contributed by atoms with Gasteiger partial charge in [-0.2, -0.15) is 0 Å². The minimum absolute atomic E-state index is 0.0414. The molecular weight excluding hydrogens is 320 g/mol. The number of amides is 2. The summed E-state index contributed by atoms with van der Waals surface area (Å²) in [4.78, 5) is 26.0. The Hall–Kier alpha value is -1.36. The first kappa shape index (κ1) is 15.0. The Morgan fingerprint density at radius 3 is 2.55 bits per heavy atom. The van der Waals surface area contributed by atoms with Gasteiger partial charge in [-0.25, -0.2) is 0 Å². The molecule has 5 heteroatoms. The zero-order chi connectivity index (χ0) is 14.9. The molecule has 0 saturated carbocycles. The normalized spacial score (nSPS) is 20.0. The maximum Gasteiger partial charge on any atom is 0.243 e. The van der Waals surface area contributed by atoms with E-state index in [4.69, 9.17) is 0 Å². The minimum atomic E-state index is -0.448. The number of halogens is 1. The maximum atomic E-state index is 12.2. The van der Waals surface area contributed by atoms with E-state index < -0.39 is 6.04 Å². The minimum Gasteiger partial charge on any atom is -0.345 e. The van der Waals surface area contributed by atoms with E-state index in [9.17, 15) is 9.59 Å². The van der Waals surface area contributed by atoms with Crippen LogP contribution < -0.4 is 5.32 Å². The lowest BCUT2D eigenvalue weighted by Gasteiger charge is -2.42. The van der Waals surface area contributed by atoms with E-state index in [1.165, 1.54) is 0 Å². The van der Waals surface area contributed by atoms with Gasteiger partial charge in [0.25, 0.3) is 0 Å². The van der Waals surface area contributed by atoms with Gasteiger partial charge >= 0.3 is 0 Å². The summed E-state index contributed by atoms with van der Waals surface area (Å²) in [6, 6.07) is 7.32. The predicted molar refractivity (Wildman–Crippen MR) is 80.9 cm³/mol. The van der Waals surface area contributed by atoms with E-state index in [0.717, 1.165) is 10.0 Å². The third-order valence-electron chi connectivity index (χ3n) is 3.41. The monoisotopic (exact) mass is 338 g/mol. The molecule has 1 heterocycles. The van der Waals surface area contributed by atoms with Crippen LogP contribution in [0.1, 0.15) is 26.3 Å². The summed E-state index contributed by atoms with van der Waals surface area (Å²) in [5.41, 5.74) is 0.700. The van der Waals surface area contributed by atoms with Crippen molar-refractivity contribution in [1.29, 1.82) is 0 Å². The van der Waals surface area contributed by atoms with Crippen molar-refractivity contribution in [2.24, 2.45) is 5.41 Å². The molecule has 1 aliphatic rings. The molecule has 1 N–H and O–H groups in total. The predicted octanol–water partition coefficient (Wildman–Crippen LogP) is 2.32.